The summed E-state index contributed by atoms with van der Waals surface area (Å²) in [5, 5.41) is 3.23. The molecule has 0 atom stereocenters. The first-order chi connectivity index (χ1) is 9.62. The third kappa shape index (κ3) is 3.10. The molecular formula is C13H18N4O2S. The van der Waals surface area contributed by atoms with Gasteiger partial charge in [-0.25, -0.2) is 13.4 Å². The quantitative estimate of drug-likeness (QED) is 0.793. The topological polar surface area (TPSA) is 86.9 Å². The predicted octanol–water partition coefficient (Wildman–Crippen LogP) is 1.30. The number of nitrogens with one attached hydrogen (secondary N) is 3. The van der Waals surface area contributed by atoms with Gasteiger partial charge in [-0.15, -0.1) is 0 Å². The molecule has 1 saturated heterocycles. The summed E-state index contributed by atoms with van der Waals surface area (Å²) >= 11 is 0. The van der Waals surface area contributed by atoms with Gasteiger partial charge in [-0.1, -0.05) is 12.1 Å². The Morgan fingerprint density at radius 3 is 2.75 bits per heavy atom. The van der Waals surface area contributed by atoms with Crippen LogP contribution < -0.4 is 10.0 Å². The Labute approximate surface area is 118 Å². The van der Waals surface area contributed by atoms with Gasteiger partial charge < -0.3 is 10.3 Å². The van der Waals surface area contributed by atoms with E-state index in [0.717, 1.165) is 37.0 Å². The highest BCUT2D eigenvalue weighted by Crippen LogP contribution is 2.17. The normalized spacial score (nSPS) is 17.4. The van der Waals surface area contributed by atoms with Crippen LogP contribution in [0.2, 0.25) is 0 Å². The summed E-state index contributed by atoms with van der Waals surface area (Å²) < 4.78 is 26.8. The van der Waals surface area contributed by atoms with Gasteiger partial charge in [-0.05, 0) is 44.0 Å². The van der Waals surface area contributed by atoms with E-state index in [9.17, 15) is 8.42 Å². The number of para-hydroxylation sites is 2. The molecule has 0 radical (unpaired) electrons. The summed E-state index contributed by atoms with van der Waals surface area (Å²) in [5.74, 6) is 0.671. The number of anilines is 1. The van der Waals surface area contributed by atoms with Gasteiger partial charge in [0, 0.05) is 0 Å². The van der Waals surface area contributed by atoms with Crippen molar-refractivity contribution < 1.29 is 8.42 Å². The first kappa shape index (κ1) is 13.4. The van der Waals surface area contributed by atoms with Gasteiger partial charge in [0.25, 0.3) is 0 Å². The van der Waals surface area contributed by atoms with Crippen molar-refractivity contribution in [3.8, 4) is 0 Å². The highest BCUT2D eigenvalue weighted by molar-refractivity contribution is 7.92. The molecule has 2 aromatic rings. The van der Waals surface area contributed by atoms with Crippen molar-refractivity contribution in [3.05, 3.63) is 24.3 Å². The van der Waals surface area contributed by atoms with Crippen molar-refractivity contribution in [1.29, 1.82) is 0 Å². The summed E-state index contributed by atoms with van der Waals surface area (Å²) in [5.41, 5.74) is 1.58. The molecule has 0 amide bonds. The summed E-state index contributed by atoms with van der Waals surface area (Å²) in [4.78, 5) is 7.21. The minimum absolute atomic E-state index is 0.158. The second-order valence-electron chi connectivity index (χ2n) is 5.18. The van der Waals surface area contributed by atoms with E-state index in [1.807, 2.05) is 24.3 Å². The number of H-pyrrole nitrogens is 1. The van der Waals surface area contributed by atoms with Crippen LogP contribution in [0.3, 0.4) is 0 Å². The number of aromatic amines is 1. The number of benzene rings is 1. The zero-order valence-corrected chi connectivity index (χ0v) is 11.9. The van der Waals surface area contributed by atoms with Gasteiger partial charge in [-0.3, -0.25) is 4.72 Å². The van der Waals surface area contributed by atoms with E-state index in [1.54, 1.807) is 0 Å². The third-order valence-electron chi connectivity index (χ3n) is 3.56. The molecule has 3 N–H and O–H groups in total. The molecule has 6 nitrogen and oxygen atoms in total. The molecule has 1 aromatic carbocycles. The predicted molar refractivity (Wildman–Crippen MR) is 79.1 cm³/mol. The third-order valence-corrected chi connectivity index (χ3v) is 4.97. The largest absolute Gasteiger partial charge is 0.323 e. The Bertz CT molecular complexity index is 656. The van der Waals surface area contributed by atoms with E-state index in [-0.39, 0.29) is 11.7 Å². The molecule has 0 bridgehead atoms. The fourth-order valence-corrected chi connectivity index (χ4v) is 3.98. The van der Waals surface area contributed by atoms with Gasteiger partial charge in [0.05, 0.1) is 16.8 Å². The van der Waals surface area contributed by atoms with E-state index in [1.165, 1.54) is 0 Å². The van der Waals surface area contributed by atoms with E-state index >= 15 is 0 Å². The van der Waals surface area contributed by atoms with Crippen molar-refractivity contribution in [2.75, 3.05) is 23.6 Å². The van der Waals surface area contributed by atoms with Crippen LogP contribution in [0.25, 0.3) is 11.0 Å². The number of hydrogen-bond donors (Lipinski definition) is 3. The molecule has 20 heavy (non-hydrogen) atoms. The average molecular weight is 294 g/mol. The molecule has 3 rings (SSSR count). The van der Waals surface area contributed by atoms with Crippen LogP contribution in [-0.4, -0.2) is 37.2 Å². The molecule has 0 unspecified atom stereocenters. The molecule has 108 valence electrons. The van der Waals surface area contributed by atoms with Crippen LogP contribution in [0.1, 0.15) is 12.8 Å². The molecule has 0 spiro atoms. The van der Waals surface area contributed by atoms with Crippen molar-refractivity contribution in [2.24, 2.45) is 5.92 Å². The number of hydrogen-bond acceptors (Lipinski definition) is 4. The molecular weight excluding hydrogens is 276 g/mol. The van der Waals surface area contributed by atoms with Crippen molar-refractivity contribution in [1.82, 2.24) is 15.3 Å². The van der Waals surface area contributed by atoms with Gasteiger partial charge in [0.1, 0.15) is 0 Å². The maximum Gasteiger partial charge on any atom is 0.235 e. The number of piperidine rings is 1. The number of fused-ring (bicyclic) bond motifs is 1. The smallest absolute Gasteiger partial charge is 0.235 e. The summed E-state index contributed by atoms with van der Waals surface area (Å²) in [7, 11) is -3.35. The first-order valence-electron chi connectivity index (χ1n) is 6.78. The average Bonchev–Trinajstić information content (AvgIpc) is 2.80. The Morgan fingerprint density at radius 1 is 1.25 bits per heavy atom. The van der Waals surface area contributed by atoms with Crippen LogP contribution in [0.15, 0.2) is 24.3 Å². The van der Waals surface area contributed by atoms with Crippen LogP contribution >= 0.6 is 0 Å². The van der Waals surface area contributed by atoms with E-state index in [2.05, 4.69) is 20.0 Å². The highest BCUT2D eigenvalue weighted by atomic mass is 32.2. The number of nitrogens with zero attached hydrogens (tertiary/aromatic N) is 1. The minimum atomic E-state index is -3.35. The maximum atomic E-state index is 12.2. The first-order valence-corrected chi connectivity index (χ1v) is 8.43. The van der Waals surface area contributed by atoms with Crippen LogP contribution in [0.5, 0.6) is 0 Å². The second-order valence-corrected chi connectivity index (χ2v) is 6.95. The van der Waals surface area contributed by atoms with Crippen LogP contribution in [0, 0.1) is 5.92 Å². The second kappa shape index (κ2) is 5.41. The van der Waals surface area contributed by atoms with E-state index in [0.29, 0.717) is 5.95 Å². The fraction of sp³-hybridized carbons (Fsp3) is 0.462. The molecule has 1 aliphatic rings. The van der Waals surface area contributed by atoms with Crippen molar-refractivity contribution in [3.63, 3.8) is 0 Å². The Balaban J connectivity index is 1.71. The lowest BCUT2D eigenvalue weighted by Gasteiger charge is -2.22. The van der Waals surface area contributed by atoms with Crippen molar-refractivity contribution in [2.45, 2.75) is 12.8 Å². The lowest BCUT2D eigenvalue weighted by molar-refractivity contribution is 0.402. The van der Waals surface area contributed by atoms with Gasteiger partial charge in [0.15, 0.2) is 0 Å². The lowest BCUT2D eigenvalue weighted by atomic mass is 10.0. The van der Waals surface area contributed by atoms with Crippen LogP contribution in [-0.2, 0) is 10.0 Å². The van der Waals surface area contributed by atoms with E-state index < -0.39 is 10.0 Å². The summed E-state index contributed by atoms with van der Waals surface area (Å²) in [6.45, 7) is 1.79. The number of rotatable bonds is 4. The monoisotopic (exact) mass is 294 g/mol. The van der Waals surface area contributed by atoms with E-state index in [4.69, 9.17) is 0 Å². The maximum absolute atomic E-state index is 12.2. The Hall–Kier alpha value is -1.60. The number of aromatic nitrogens is 2. The Morgan fingerprint density at radius 2 is 2.00 bits per heavy atom. The molecule has 1 aromatic heterocycles. The molecule has 1 fully saturated rings. The van der Waals surface area contributed by atoms with Gasteiger partial charge in [-0.2, -0.15) is 0 Å². The molecule has 2 heterocycles. The molecule has 0 saturated carbocycles. The highest BCUT2D eigenvalue weighted by Gasteiger charge is 2.22. The number of imidazole rings is 1. The molecule has 7 heteroatoms. The Kier molecular flexibility index (Phi) is 3.62. The van der Waals surface area contributed by atoms with Crippen LogP contribution in [0.4, 0.5) is 5.95 Å². The molecule has 0 aliphatic carbocycles. The van der Waals surface area contributed by atoms with Gasteiger partial charge in [0.2, 0.25) is 16.0 Å². The summed E-state index contributed by atoms with van der Waals surface area (Å²) in [6, 6.07) is 7.47. The van der Waals surface area contributed by atoms with Crippen molar-refractivity contribution >= 4 is 27.0 Å². The fourth-order valence-electron chi connectivity index (χ4n) is 2.55. The lowest BCUT2D eigenvalue weighted by Crippen LogP contribution is -2.33. The van der Waals surface area contributed by atoms with Gasteiger partial charge >= 0.3 is 0 Å². The molecule has 1 aliphatic heterocycles. The minimum Gasteiger partial charge on any atom is -0.323 e. The number of sulfonamides is 1. The zero-order valence-electron chi connectivity index (χ0n) is 11.1. The standard InChI is InChI=1S/C13H18N4O2S/c18-20(19,9-10-5-7-14-8-6-10)17-13-15-11-3-1-2-4-12(11)16-13/h1-4,10,14H,5-9H2,(H2,15,16,17). The summed E-state index contributed by atoms with van der Waals surface area (Å²) in [6.07, 6.45) is 1.81. The SMILES string of the molecule is O=S(=O)(CC1CCNCC1)Nc1nc2ccccc2[nH]1. The zero-order chi connectivity index (χ0) is 14.0.